The van der Waals surface area contributed by atoms with E-state index in [1.54, 1.807) is 12.3 Å². The lowest BCUT2D eigenvalue weighted by molar-refractivity contribution is 0.408. The second kappa shape index (κ2) is 6.97. The molecule has 0 fully saturated rings. The van der Waals surface area contributed by atoms with Gasteiger partial charge in [0, 0.05) is 25.8 Å². The number of pyridine rings is 1. The molecule has 4 heteroatoms. The molecule has 18 heavy (non-hydrogen) atoms. The Balaban J connectivity index is 2.83. The minimum atomic E-state index is 0.569. The number of aromatic nitrogens is 1. The predicted molar refractivity (Wildman–Crippen MR) is 74.6 cm³/mol. The highest BCUT2D eigenvalue weighted by atomic mass is 15.2. The van der Waals surface area contributed by atoms with Gasteiger partial charge in [0.2, 0.25) is 0 Å². The van der Waals surface area contributed by atoms with Gasteiger partial charge in [-0.3, -0.25) is 0 Å². The van der Waals surface area contributed by atoms with Crippen LogP contribution >= 0.6 is 0 Å². The third kappa shape index (κ3) is 4.72. The van der Waals surface area contributed by atoms with Crippen molar-refractivity contribution in [3.63, 3.8) is 0 Å². The standard InChI is InChI=1S/C14H22N4/c1-12(2)11-18(8-7-17(3)4)14-9-13(10-15)5-6-16-14/h5-6,9,12H,7-8,11H2,1-4H3. The lowest BCUT2D eigenvalue weighted by Crippen LogP contribution is -2.35. The molecule has 0 N–H and O–H groups in total. The topological polar surface area (TPSA) is 43.2 Å². The number of anilines is 1. The van der Waals surface area contributed by atoms with Crippen molar-refractivity contribution < 1.29 is 0 Å². The van der Waals surface area contributed by atoms with Crippen molar-refractivity contribution in [1.82, 2.24) is 9.88 Å². The maximum atomic E-state index is 8.94. The Morgan fingerprint density at radius 1 is 1.33 bits per heavy atom. The Labute approximate surface area is 110 Å². The molecular formula is C14H22N4. The number of nitriles is 1. The number of hydrogen-bond donors (Lipinski definition) is 0. The first-order valence-corrected chi connectivity index (χ1v) is 6.28. The molecule has 1 heterocycles. The molecule has 0 spiro atoms. The van der Waals surface area contributed by atoms with E-state index in [0.717, 1.165) is 25.5 Å². The zero-order chi connectivity index (χ0) is 13.5. The van der Waals surface area contributed by atoms with E-state index in [9.17, 15) is 0 Å². The van der Waals surface area contributed by atoms with Gasteiger partial charge in [0.15, 0.2) is 0 Å². The van der Waals surface area contributed by atoms with Crippen molar-refractivity contribution in [1.29, 1.82) is 5.26 Å². The summed E-state index contributed by atoms with van der Waals surface area (Å²) in [6, 6.07) is 5.76. The van der Waals surface area contributed by atoms with E-state index >= 15 is 0 Å². The zero-order valence-electron chi connectivity index (χ0n) is 11.7. The van der Waals surface area contributed by atoms with E-state index in [4.69, 9.17) is 5.26 Å². The second-order valence-corrected chi connectivity index (χ2v) is 5.16. The van der Waals surface area contributed by atoms with Gasteiger partial charge in [0.05, 0.1) is 11.6 Å². The summed E-state index contributed by atoms with van der Waals surface area (Å²) in [6.07, 6.45) is 1.71. The number of nitrogens with zero attached hydrogens (tertiary/aromatic N) is 4. The summed E-state index contributed by atoms with van der Waals surface area (Å²) in [5.74, 6) is 1.46. The summed E-state index contributed by atoms with van der Waals surface area (Å²) in [5, 5.41) is 8.94. The molecule has 0 radical (unpaired) electrons. The summed E-state index contributed by atoms with van der Waals surface area (Å²) < 4.78 is 0. The molecule has 0 aliphatic carbocycles. The Kier molecular flexibility index (Phi) is 5.60. The van der Waals surface area contributed by atoms with Crippen LogP contribution in [0.2, 0.25) is 0 Å². The second-order valence-electron chi connectivity index (χ2n) is 5.16. The van der Waals surface area contributed by atoms with Crippen molar-refractivity contribution in [3.8, 4) is 6.07 Å². The highest BCUT2D eigenvalue weighted by Crippen LogP contribution is 2.14. The SMILES string of the molecule is CC(C)CN(CCN(C)C)c1cc(C#N)ccn1. The fraction of sp³-hybridized carbons (Fsp3) is 0.571. The van der Waals surface area contributed by atoms with Gasteiger partial charge < -0.3 is 9.80 Å². The highest BCUT2D eigenvalue weighted by molar-refractivity contribution is 5.44. The van der Waals surface area contributed by atoms with Gasteiger partial charge in [-0.05, 0) is 32.1 Å². The van der Waals surface area contributed by atoms with Gasteiger partial charge in [-0.1, -0.05) is 13.8 Å². The van der Waals surface area contributed by atoms with Crippen LogP contribution in [0.3, 0.4) is 0 Å². The van der Waals surface area contributed by atoms with Crippen LogP contribution < -0.4 is 4.90 Å². The third-order valence-corrected chi connectivity index (χ3v) is 2.60. The molecular weight excluding hydrogens is 224 g/mol. The summed E-state index contributed by atoms with van der Waals surface area (Å²) in [4.78, 5) is 8.77. The summed E-state index contributed by atoms with van der Waals surface area (Å²) in [5.41, 5.74) is 0.665. The molecule has 0 unspecified atom stereocenters. The summed E-state index contributed by atoms with van der Waals surface area (Å²) in [7, 11) is 4.12. The zero-order valence-corrected chi connectivity index (χ0v) is 11.7. The van der Waals surface area contributed by atoms with Crippen LogP contribution in [0.25, 0.3) is 0 Å². The Hall–Kier alpha value is -1.60. The average molecular weight is 246 g/mol. The first-order chi connectivity index (χ1) is 8.52. The van der Waals surface area contributed by atoms with Gasteiger partial charge in [-0.25, -0.2) is 4.98 Å². The number of likely N-dealkylation sites (N-methyl/N-ethyl adjacent to an activating group) is 1. The lowest BCUT2D eigenvalue weighted by atomic mass is 10.2. The molecule has 0 saturated carbocycles. The molecule has 98 valence electrons. The van der Waals surface area contributed by atoms with E-state index in [1.807, 2.05) is 6.07 Å². The average Bonchev–Trinajstić information content (AvgIpc) is 2.34. The summed E-state index contributed by atoms with van der Waals surface area (Å²) in [6.45, 7) is 7.24. The van der Waals surface area contributed by atoms with E-state index in [2.05, 4.69) is 48.8 Å². The Morgan fingerprint density at radius 3 is 2.61 bits per heavy atom. The van der Waals surface area contributed by atoms with Crippen molar-refractivity contribution in [2.45, 2.75) is 13.8 Å². The molecule has 1 aromatic heterocycles. The van der Waals surface area contributed by atoms with Crippen molar-refractivity contribution >= 4 is 5.82 Å². The molecule has 4 nitrogen and oxygen atoms in total. The van der Waals surface area contributed by atoms with Crippen LogP contribution in [0.15, 0.2) is 18.3 Å². The normalized spacial score (nSPS) is 10.7. The van der Waals surface area contributed by atoms with Crippen LogP contribution in [-0.2, 0) is 0 Å². The highest BCUT2D eigenvalue weighted by Gasteiger charge is 2.10. The van der Waals surface area contributed by atoms with Gasteiger partial charge in [0.25, 0.3) is 0 Å². The number of rotatable bonds is 6. The van der Waals surface area contributed by atoms with Crippen LogP contribution in [0, 0.1) is 17.2 Å². The third-order valence-electron chi connectivity index (χ3n) is 2.60. The van der Waals surface area contributed by atoms with Crippen LogP contribution in [0.5, 0.6) is 0 Å². The first-order valence-electron chi connectivity index (χ1n) is 6.28. The fourth-order valence-electron chi connectivity index (χ4n) is 1.72. The molecule has 0 aromatic carbocycles. The van der Waals surface area contributed by atoms with Gasteiger partial charge in [-0.2, -0.15) is 5.26 Å². The van der Waals surface area contributed by atoms with Crippen molar-refractivity contribution in [2.75, 3.05) is 38.6 Å². The van der Waals surface area contributed by atoms with E-state index in [-0.39, 0.29) is 0 Å². The minimum Gasteiger partial charge on any atom is -0.355 e. The molecule has 0 atom stereocenters. The number of hydrogen-bond acceptors (Lipinski definition) is 4. The largest absolute Gasteiger partial charge is 0.355 e. The van der Waals surface area contributed by atoms with Crippen LogP contribution in [-0.4, -0.2) is 43.6 Å². The molecule has 0 aliphatic rings. The van der Waals surface area contributed by atoms with Crippen molar-refractivity contribution in [3.05, 3.63) is 23.9 Å². The maximum Gasteiger partial charge on any atom is 0.129 e. The molecule has 1 aromatic rings. The van der Waals surface area contributed by atoms with Gasteiger partial charge in [-0.15, -0.1) is 0 Å². The molecule has 0 amide bonds. The van der Waals surface area contributed by atoms with Crippen LogP contribution in [0.1, 0.15) is 19.4 Å². The van der Waals surface area contributed by atoms with E-state index in [0.29, 0.717) is 11.5 Å². The monoisotopic (exact) mass is 246 g/mol. The van der Waals surface area contributed by atoms with Gasteiger partial charge >= 0.3 is 0 Å². The van der Waals surface area contributed by atoms with Gasteiger partial charge in [0.1, 0.15) is 5.82 Å². The predicted octanol–water partition coefficient (Wildman–Crippen LogP) is 1.98. The Bertz CT molecular complexity index is 407. The molecule has 0 aliphatic heterocycles. The molecule has 0 saturated heterocycles. The Morgan fingerprint density at radius 2 is 2.06 bits per heavy atom. The van der Waals surface area contributed by atoms with Crippen LogP contribution in [0.4, 0.5) is 5.82 Å². The minimum absolute atomic E-state index is 0.569. The van der Waals surface area contributed by atoms with Crippen molar-refractivity contribution in [2.24, 2.45) is 5.92 Å². The first kappa shape index (κ1) is 14.5. The van der Waals surface area contributed by atoms with E-state index in [1.165, 1.54) is 0 Å². The quantitative estimate of drug-likeness (QED) is 0.770. The lowest BCUT2D eigenvalue weighted by Gasteiger charge is -2.27. The molecule has 1 rings (SSSR count). The van der Waals surface area contributed by atoms with E-state index < -0.39 is 0 Å². The molecule has 0 bridgehead atoms. The smallest absolute Gasteiger partial charge is 0.129 e. The maximum absolute atomic E-state index is 8.94. The fourth-order valence-corrected chi connectivity index (χ4v) is 1.72. The summed E-state index contributed by atoms with van der Waals surface area (Å²) >= 11 is 0.